The molecule has 2 aromatic rings. The molecule has 3 rings (SSSR count). The van der Waals surface area contributed by atoms with Crippen LogP contribution in [-0.2, 0) is 0 Å². The number of anilines is 1. The molecule has 0 radical (unpaired) electrons. The highest BCUT2D eigenvalue weighted by Crippen LogP contribution is 2.29. The topological polar surface area (TPSA) is 64.1 Å². The van der Waals surface area contributed by atoms with Crippen LogP contribution in [0, 0.1) is 18.7 Å². The summed E-state index contributed by atoms with van der Waals surface area (Å²) in [4.78, 5) is 20.1. The lowest BCUT2D eigenvalue weighted by Gasteiger charge is -2.08. The lowest BCUT2D eigenvalue weighted by atomic mass is 10.2. The van der Waals surface area contributed by atoms with E-state index in [9.17, 15) is 9.18 Å². The van der Waals surface area contributed by atoms with Gasteiger partial charge in [0.1, 0.15) is 11.5 Å². The van der Waals surface area contributed by atoms with E-state index in [-0.39, 0.29) is 11.4 Å². The predicted molar refractivity (Wildman–Crippen MR) is 79.3 cm³/mol. The van der Waals surface area contributed by atoms with Crippen molar-refractivity contribution in [1.29, 1.82) is 0 Å². The quantitative estimate of drug-likeness (QED) is 0.922. The number of carbonyl (C=O) groups excluding carboxylic acids is 1. The molecule has 6 heteroatoms. The number of amides is 1. The van der Waals surface area contributed by atoms with E-state index in [1.165, 1.54) is 31.3 Å². The third kappa shape index (κ3) is 3.39. The van der Waals surface area contributed by atoms with Crippen molar-refractivity contribution >= 4 is 11.6 Å². The second-order valence-corrected chi connectivity index (χ2v) is 5.38. The second-order valence-electron chi connectivity index (χ2n) is 5.38. The molecule has 0 spiro atoms. The number of carbonyl (C=O) groups is 1. The molecule has 5 nitrogen and oxygen atoms in total. The van der Waals surface area contributed by atoms with Crippen LogP contribution in [0.2, 0.25) is 0 Å². The third-order valence-electron chi connectivity index (χ3n) is 3.46. The van der Waals surface area contributed by atoms with Crippen molar-refractivity contribution in [2.45, 2.75) is 19.8 Å². The summed E-state index contributed by atoms with van der Waals surface area (Å²) in [7, 11) is 0. The van der Waals surface area contributed by atoms with Crippen molar-refractivity contribution < 1.29 is 13.9 Å². The average Bonchev–Trinajstić information content (AvgIpc) is 3.34. The lowest BCUT2D eigenvalue weighted by molar-refractivity contribution is 0.102. The van der Waals surface area contributed by atoms with Crippen LogP contribution in [0.1, 0.15) is 28.9 Å². The minimum atomic E-state index is -0.509. The Kier molecular flexibility index (Phi) is 4.00. The number of hydrogen-bond donors (Lipinski definition) is 1. The first-order valence-electron chi connectivity index (χ1n) is 7.15. The first kappa shape index (κ1) is 14.4. The Morgan fingerprint density at radius 3 is 2.86 bits per heavy atom. The van der Waals surface area contributed by atoms with Gasteiger partial charge >= 0.3 is 0 Å². The summed E-state index contributed by atoms with van der Waals surface area (Å²) < 4.78 is 19.3. The predicted octanol–water partition coefficient (Wildman–Crippen LogP) is 2.97. The highest BCUT2D eigenvalue weighted by molar-refractivity contribution is 6.02. The van der Waals surface area contributed by atoms with Crippen molar-refractivity contribution in [3.8, 4) is 5.88 Å². The zero-order valence-corrected chi connectivity index (χ0v) is 12.2. The zero-order valence-electron chi connectivity index (χ0n) is 12.2. The first-order valence-corrected chi connectivity index (χ1v) is 7.15. The fraction of sp³-hybridized carbons (Fsp3) is 0.312. The van der Waals surface area contributed by atoms with Crippen molar-refractivity contribution in [2.24, 2.45) is 5.92 Å². The molecule has 0 aliphatic heterocycles. The van der Waals surface area contributed by atoms with Crippen LogP contribution in [0.15, 0.2) is 30.6 Å². The Morgan fingerprint density at radius 2 is 2.18 bits per heavy atom. The molecule has 114 valence electrons. The lowest BCUT2D eigenvalue weighted by Crippen LogP contribution is -2.15. The van der Waals surface area contributed by atoms with Crippen molar-refractivity contribution in [2.75, 3.05) is 11.9 Å². The van der Waals surface area contributed by atoms with Gasteiger partial charge in [0.2, 0.25) is 5.88 Å². The Balaban J connectivity index is 1.65. The average molecular weight is 301 g/mol. The Morgan fingerprint density at radius 1 is 1.36 bits per heavy atom. The van der Waals surface area contributed by atoms with E-state index in [4.69, 9.17) is 4.74 Å². The zero-order chi connectivity index (χ0) is 15.5. The molecule has 1 aliphatic carbocycles. The standard InChI is InChI=1S/C16H16FN3O2/c1-10-3-2-4-12(15(10)17)20-16(21)13-7-19-14(8-18-13)22-9-11-5-6-11/h2-4,7-8,11H,5-6,9H2,1H3,(H,20,21). The summed E-state index contributed by atoms with van der Waals surface area (Å²) in [6.45, 7) is 2.27. The van der Waals surface area contributed by atoms with E-state index in [2.05, 4.69) is 15.3 Å². The molecule has 1 heterocycles. The summed E-state index contributed by atoms with van der Waals surface area (Å²) in [5, 5.41) is 2.49. The number of rotatable bonds is 5. The van der Waals surface area contributed by atoms with E-state index in [0.717, 1.165) is 0 Å². The van der Waals surface area contributed by atoms with Crippen LogP contribution in [-0.4, -0.2) is 22.5 Å². The number of nitrogens with one attached hydrogen (secondary N) is 1. The Hall–Kier alpha value is -2.50. The van der Waals surface area contributed by atoms with Gasteiger partial charge in [-0.05, 0) is 37.3 Å². The molecule has 1 amide bonds. The molecule has 1 saturated carbocycles. The van der Waals surface area contributed by atoms with Crippen LogP contribution in [0.25, 0.3) is 0 Å². The fourth-order valence-electron chi connectivity index (χ4n) is 1.93. The molecule has 22 heavy (non-hydrogen) atoms. The van der Waals surface area contributed by atoms with Crippen LogP contribution < -0.4 is 10.1 Å². The van der Waals surface area contributed by atoms with Gasteiger partial charge in [-0.1, -0.05) is 12.1 Å². The van der Waals surface area contributed by atoms with Gasteiger partial charge in [0.05, 0.1) is 24.7 Å². The molecule has 1 aromatic carbocycles. The van der Waals surface area contributed by atoms with Crippen molar-refractivity contribution in [3.05, 3.63) is 47.7 Å². The van der Waals surface area contributed by atoms with E-state index in [1.54, 1.807) is 19.1 Å². The van der Waals surface area contributed by atoms with Crippen LogP contribution in [0.5, 0.6) is 5.88 Å². The van der Waals surface area contributed by atoms with Gasteiger partial charge in [-0.15, -0.1) is 0 Å². The summed E-state index contributed by atoms with van der Waals surface area (Å²) in [5.41, 5.74) is 0.702. The van der Waals surface area contributed by atoms with Crippen molar-refractivity contribution in [1.82, 2.24) is 9.97 Å². The van der Waals surface area contributed by atoms with Gasteiger partial charge in [0.15, 0.2) is 0 Å². The molecular formula is C16H16FN3O2. The molecule has 1 aliphatic rings. The maximum atomic E-state index is 13.9. The number of aryl methyl sites for hydroxylation is 1. The van der Waals surface area contributed by atoms with E-state index < -0.39 is 11.7 Å². The smallest absolute Gasteiger partial charge is 0.275 e. The Bertz CT molecular complexity index is 684. The number of nitrogens with zero attached hydrogens (tertiary/aromatic N) is 2. The molecule has 1 aromatic heterocycles. The first-order chi connectivity index (χ1) is 10.6. The maximum absolute atomic E-state index is 13.9. The Labute approximate surface area is 127 Å². The second kappa shape index (κ2) is 6.09. The minimum absolute atomic E-state index is 0.111. The molecule has 0 atom stereocenters. The molecule has 1 fully saturated rings. The summed E-state index contributed by atoms with van der Waals surface area (Å²) in [6, 6.07) is 4.81. The molecule has 0 bridgehead atoms. The SMILES string of the molecule is Cc1cccc(NC(=O)c2cnc(OCC3CC3)cn2)c1F. The third-order valence-corrected chi connectivity index (χ3v) is 3.46. The van der Waals surface area contributed by atoms with Gasteiger partial charge in [0, 0.05) is 0 Å². The van der Waals surface area contributed by atoms with Gasteiger partial charge < -0.3 is 10.1 Å². The summed E-state index contributed by atoms with van der Waals surface area (Å²) in [6.07, 6.45) is 5.11. The highest BCUT2D eigenvalue weighted by atomic mass is 19.1. The number of benzene rings is 1. The van der Waals surface area contributed by atoms with Gasteiger partial charge in [-0.25, -0.2) is 14.4 Å². The van der Waals surface area contributed by atoms with Crippen LogP contribution in [0.4, 0.5) is 10.1 Å². The normalized spacial score (nSPS) is 13.7. The van der Waals surface area contributed by atoms with Gasteiger partial charge in [-0.2, -0.15) is 0 Å². The van der Waals surface area contributed by atoms with E-state index in [1.807, 2.05) is 0 Å². The van der Waals surface area contributed by atoms with E-state index >= 15 is 0 Å². The van der Waals surface area contributed by atoms with Crippen molar-refractivity contribution in [3.63, 3.8) is 0 Å². The highest BCUT2D eigenvalue weighted by Gasteiger charge is 2.22. The van der Waals surface area contributed by atoms with Crippen LogP contribution >= 0.6 is 0 Å². The molecule has 1 N–H and O–H groups in total. The summed E-state index contributed by atoms with van der Waals surface area (Å²) in [5.74, 6) is 0.0539. The van der Waals surface area contributed by atoms with Crippen LogP contribution in [0.3, 0.4) is 0 Å². The number of ether oxygens (including phenoxy) is 1. The fourth-order valence-corrected chi connectivity index (χ4v) is 1.93. The molecule has 0 saturated heterocycles. The molecular weight excluding hydrogens is 285 g/mol. The number of aromatic nitrogens is 2. The monoisotopic (exact) mass is 301 g/mol. The number of halogens is 1. The minimum Gasteiger partial charge on any atom is -0.476 e. The van der Waals surface area contributed by atoms with Gasteiger partial charge in [0.25, 0.3) is 5.91 Å². The van der Waals surface area contributed by atoms with Gasteiger partial charge in [-0.3, -0.25) is 4.79 Å². The number of hydrogen-bond acceptors (Lipinski definition) is 4. The largest absolute Gasteiger partial charge is 0.476 e. The summed E-state index contributed by atoms with van der Waals surface area (Å²) >= 11 is 0. The van der Waals surface area contributed by atoms with E-state index in [0.29, 0.717) is 24.0 Å². The molecule has 0 unspecified atom stereocenters. The maximum Gasteiger partial charge on any atom is 0.275 e.